The zero-order valence-electron chi connectivity index (χ0n) is 9.43. The predicted octanol–water partition coefficient (Wildman–Crippen LogP) is 2.05. The first-order valence-corrected chi connectivity index (χ1v) is 6.77. The van der Waals surface area contributed by atoms with Crippen LogP contribution in [0.2, 0.25) is 0 Å². The van der Waals surface area contributed by atoms with E-state index in [0.717, 1.165) is 24.3 Å². The summed E-state index contributed by atoms with van der Waals surface area (Å²) in [4.78, 5) is 18.2. The second kappa shape index (κ2) is 5.34. The fourth-order valence-corrected chi connectivity index (χ4v) is 3.22. The number of thioether (sulfide) groups is 1. The second-order valence-electron chi connectivity index (χ2n) is 3.84. The number of amides is 1. The summed E-state index contributed by atoms with van der Waals surface area (Å²) in [5.41, 5.74) is 0.744. The molecule has 16 heavy (non-hydrogen) atoms. The van der Waals surface area contributed by atoms with Crippen LogP contribution in [0.5, 0.6) is 0 Å². The molecule has 2 rings (SSSR count). The van der Waals surface area contributed by atoms with Gasteiger partial charge in [-0.3, -0.25) is 9.78 Å². The van der Waals surface area contributed by atoms with Crippen molar-refractivity contribution in [3.8, 4) is 0 Å². The molecule has 0 radical (unpaired) electrons. The number of carbonyl (C=O) groups is 1. The fourth-order valence-electron chi connectivity index (χ4n) is 2.00. The molecule has 4 heteroatoms. The van der Waals surface area contributed by atoms with Gasteiger partial charge in [0, 0.05) is 36.3 Å². The summed E-state index contributed by atoms with van der Waals surface area (Å²) in [6.45, 7) is 2.83. The monoisotopic (exact) mass is 236 g/mol. The van der Waals surface area contributed by atoms with Crippen LogP contribution in [-0.2, 0) is 0 Å². The van der Waals surface area contributed by atoms with Gasteiger partial charge in [-0.1, -0.05) is 0 Å². The van der Waals surface area contributed by atoms with E-state index < -0.39 is 0 Å². The predicted molar refractivity (Wildman–Crippen MR) is 66.7 cm³/mol. The van der Waals surface area contributed by atoms with Crippen LogP contribution in [0.3, 0.4) is 0 Å². The molecule has 3 nitrogen and oxygen atoms in total. The summed E-state index contributed by atoms with van der Waals surface area (Å²) in [7, 11) is 0. The topological polar surface area (TPSA) is 33.2 Å². The highest BCUT2D eigenvalue weighted by Gasteiger charge is 2.26. The molecular formula is C12H16N2OS. The highest BCUT2D eigenvalue weighted by molar-refractivity contribution is 7.99. The van der Waals surface area contributed by atoms with Crippen LogP contribution in [-0.4, -0.2) is 39.9 Å². The number of hydrogen-bond acceptors (Lipinski definition) is 3. The Balaban J connectivity index is 2.12. The molecule has 1 aromatic rings. The maximum absolute atomic E-state index is 12.3. The molecule has 1 atom stereocenters. The average Bonchev–Trinajstić information content (AvgIpc) is 2.85. The molecule has 0 N–H and O–H groups in total. The summed E-state index contributed by atoms with van der Waals surface area (Å²) >= 11 is 1.93. The first kappa shape index (κ1) is 11.5. The number of carbonyl (C=O) groups excluding carboxylic acids is 1. The molecule has 1 aromatic heterocycles. The molecule has 1 amide bonds. The summed E-state index contributed by atoms with van der Waals surface area (Å²) < 4.78 is 0. The zero-order valence-corrected chi connectivity index (χ0v) is 10.2. The summed E-state index contributed by atoms with van der Waals surface area (Å²) in [5, 5.41) is 0. The smallest absolute Gasteiger partial charge is 0.254 e. The van der Waals surface area contributed by atoms with Crippen LogP contribution in [0.1, 0.15) is 23.7 Å². The summed E-state index contributed by atoms with van der Waals surface area (Å²) in [6.07, 6.45) is 4.46. The lowest BCUT2D eigenvalue weighted by Crippen LogP contribution is -2.40. The Morgan fingerprint density at radius 3 is 2.88 bits per heavy atom. The van der Waals surface area contributed by atoms with Gasteiger partial charge in [0.2, 0.25) is 0 Å². The molecule has 0 aromatic carbocycles. The minimum atomic E-state index is 0.136. The summed E-state index contributed by atoms with van der Waals surface area (Å²) in [5.74, 6) is 2.38. The van der Waals surface area contributed by atoms with Gasteiger partial charge in [0.25, 0.3) is 5.91 Å². The third-order valence-electron chi connectivity index (χ3n) is 2.88. The van der Waals surface area contributed by atoms with Gasteiger partial charge < -0.3 is 4.90 Å². The molecule has 1 fully saturated rings. The standard InChI is InChI=1S/C12H16N2OS/c1-2-14(11-5-8-16-9-11)12(15)10-3-6-13-7-4-10/h3-4,6-7,11H,2,5,8-9H2,1H3/t11-/m0/s1. The quantitative estimate of drug-likeness (QED) is 0.805. The van der Waals surface area contributed by atoms with Gasteiger partial charge in [0.05, 0.1) is 0 Å². The molecule has 0 unspecified atom stereocenters. The number of rotatable bonds is 3. The third kappa shape index (κ3) is 2.38. The molecule has 1 aliphatic rings. The lowest BCUT2D eigenvalue weighted by atomic mass is 10.1. The van der Waals surface area contributed by atoms with Gasteiger partial charge in [-0.25, -0.2) is 0 Å². The van der Waals surface area contributed by atoms with E-state index in [1.807, 2.05) is 23.6 Å². The Bertz CT molecular complexity index is 349. The van der Waals surface area contributed by atoms with Crippen molar-refractivity contribution in [2.45, 2.75) is 19.4 Å². The van der Waals surface area contributed by atoms with E-state index in [4.69, 9.17) is 0 Å². The van der Waals surface area contributed by atoms with Crippen molar-refractivity contribution in [3.05, 3.63) is 30.1 Å². The number of nitrogens with zero attached hydrogens (tertiary/aromatic N) is 2. The van der Waals surface area contributed by atoms with Crippen molar-refractivity contribution >= 4 is 17.7 Å². The van der Waals surface area contributed by atoms with Crippen molar-refractivity contribution in [2.24, 2.45) is 0 Å². The van der Waals surface area contributed by atoms with E-state index in [0.29, 0.717) is 6.04 Å². The number of pyridine rings is 1. The van der Waals surface area contributed by atoms with Crippen molar-refractivity contribution in [1.82, 2.24) is 9.88 Å². The van der Waals surface area contributed by atoms with Crippen LogP contribution in [0.15, 0.2) is 24.5 Å². The largest absolute Gasteiger partial charge is 0.335 e. The van der Waals surface area contributed by atoms with Gasteiger partial charge in [-0.05, 0) is 31.2 Å². The van der Waals surface area contributed by atoms with Crippen molar-refractivity contribution in [1.29, 1.82) is 0 Å². The second-order valence-corrected chi connectivity index (χ2v) is 4.99. The maximum atomic E-state index is 12.3. The molecule has 86 valence electrons. The van der Waals surface area contributed by atoms with Crippen molar-refractivity contribution < 1.29 is 4.79 Å². The molecular weight excluding hydrogens is 220 g/mol. The van der Waals surface area contributed by atoms with E-state index in [2.05, 4.69) is 4.98 Å². The van der Waals surface area contributed by atoms with E-state index in [9.17, 15) is 4.79 Å². The van der Waals surface area contributed by atoms with E-state index in [1.54, 1.807) is 24.5 Å². The molecule has 0 spiro atoms. The maximum Gasteiger partial charge on any atom is 0.254 e. The Labute approximate surface area is 100 Å². The van der Waals surface area contributed by atoms with Crippen LogP contribution >= 0.6 is 11.8 Å². The van der Waals surface area contributed by atoms with E-state index in [-0.39, 0.29) is 5.91 Å². The molecule has 1 saturated heterocycles. The van der Waals surface area contributed by atoms with Gasteiger partial charge in [-0.2, -0.15) is 11.8 Å². The normalized spacial score (nSPS) is 19.7. The Kier molecular flexibility index (Phi) is 3.83. The van der Waals surface area contributed by atoms with Gasteiger partial charge in [0.15, 0.2) is 0 Å². The molecule has 0 bridgehead atoms. The van der Waals surface area contributed by atoms with Crippen LogP contribution < -0.4 is 0 Å². The average molecular weight is 236 g/mol. The van der Waals surface area contributed by atoms with E-state index in [1.165, 1.54) is 5.75 Å². The number of aromatic nitrogens is 1. The highest BCUT2D eigenvalue weighted by atomic mass is 32.2. The molecule has 0 saturated carbocycles. The highest BCUT2D eigenvalue weighted by Crippen LogP contribution is 2.23. The molecule has 2 heterocycles. The lowest BCUT2D eigenvalue weighted by Gasteiger charge is -2.27. The number of hydrogen-bond donors (Lipinski definition) is 0. The van der Waals surface area contributed by atoms with Gasteiger partial charge in [0.1, 0.15) is 0 Å². The minimum absolute atomic E-state index is 0.136. The molecule has 1 aliphatic heterocycles. The van der Waals surface area contributed by atoms with Crippen molar-refractivity contribution in [3.63, 3.8) is 0 Å². The first-order chi connectivity index (χ1) is 7.83. The van der Waals surface area contributed by atoms with Crippen LogP contribution in [0.4, 0.5) is 0 Å². The van der Waals surface area contributed by atoms with Gasteiger partial charge >= 0.3 is 0 Å². The minimum Gasteiger partial charge on any atom is -0.335 e. The Hall–Kier alpha value is -1.03. The van der Waals surface area contributed by atoms with Crippen LogP contribution in [0.25, 0.3) is 0 Å². The molecule has 0 aliphatic carbocycles. The SMILES string of the molecule is CCN(C(=O)c1ccncc1)[C@H]1CCSC1. The van der Waals surface area contributed by atoms with Gasteiger partial charge in [-0.15, -0.1) is 0 Å². The summed E-state index contributed by atoms with van der Waals surface area (Å²) in [6, 6.07) is 3.98. The zero-order chi connectivity index (χ0) is 11.4. The van der Waals surface area contributed by atoms with Crippen LogP contribution in [0, 0.1) is 0 Å². The Morgan fingerprint density at radius 2 is 2.31 bits per heavy atom. The first-order valence-electron chi connectivity index (χ1n) is 5.61. The lowest BCUT2D eigenvalue weighted by molar-refractivity contribution is 0.0708. The third-order valence-corrected chi connectivity index (χ3v) is 4.02. The van der Waals surface area contributed by atoms with Crippen molar-refractivity contribution in [2.75, 3.05) is 18.1 Å². The fraction of sp³-hybridized carbons (Fsp3) is 0.500. The Morgan fingerprint density at radius 1 is 1.56 bits per heavy atom. The van der Waals surface area contributed by atoms with E-state index >= 15 is 0 Å².